The molecule has 0 radical (unpaired) electrons. The number of H-pyrrole nitrogens is 1. The first kappa shape index (κ1) is 23.8. The Morgan fingerprint density at radius 1 is 1.32 bits per heavy atom. The van der Waals surface area contributed by atoms with E-state index >= 15 is 0 Å². The molecule has 2 heterocycles. The van der Waals surface area contributed by atoms with Crippen molar-refractivity contribution in [3.63, 3.8) is 0 Å². The lowest BCUT2D eigenvalue weighted by molar-refractivity contribution is -0.126. The highest BCUT2D eigenvalue weighted by molar-refractivity contribution is 5.92. The maximum Gasteiger partial charge on any atom is 0.290 e. The first-order valence-electron chi connectivity index (χ1n) is 9.79. The van der Waals surface area contributed by atoms with Gasteiger partial charge in [-0.25, -0.2) is 4.98 Å². The maximum atomic E-state index is 12.4. The van der Waals surface area contributed by atoms with Crippen molar-refractivity contribution in [2.75, 3.05) is 6.54 Å². The molecule has 1 fully saturated rings. The van der Waals surface area contributed by atoms with Crippen LogP contribution in [0.1, 0.15) is 53.7 Å². The van der Waals surface area contributed by atoms with E-state index in [1.54, 1.807) is 19.1 Å². The van der Waals surface area contributed by atoms with E-state index < -0.39 is 6.10 Å². The van der Waals surface area contributed by atoms with Crippen LogP contribution in [0.4, 0.5) is 0 Å². The van der Waals surface area contributed by atoms with Crippen molar-refractivity contribution in [2.24, 2.45) is 5.92 Å². The van der Waals surface area contributed by atoms with Crippen LogP contribution >= 0.6 is 0 Å². The van der Waals surface area contributed by atoms with E-state index in [0.29, 0.717) is 37.1 Å². The third-order valence-electron chi connectivity index (χ3n) is 5.00. The number of pyridine rings is 1. The van der Waals surface area contributed by atoms with Crippen LogP contribution in [0.2, 0.25) is 0 Å². The molecule has 31 heavy (non-hydrogen) atoms. The molecule has 2 aromatic heterocycles. The number of carboxylic acid groups (broad SMARTS) is 1. The van der Waals surface area contributed by atoms with Crippen molar-refractivity contribution < 1.29 is 29.0 Å². The Balaban J connectivity index is 0.00000107. The molecule has 1 aliphatic carbocycles. The van der Waals surface area contributed by atoms with Gasteiger partial charge in [0, 0.05) is 30.3 Å². The molecule has 168 valence electrons. The summed E-state index contributed by atoms with van der Waals surface area (Å²) in [5.74, 6) is -0.369. The second-order valence-corrected chi connectivity index (χ2v) is 7.13. The molecule has 0 aliphatic heterocycles. The molecule has 5 N–H and O–H groups in total. The number of aliphatic hydroxyl groups excluding tert-OH is 1. The quantitative estimate of drug-likeness (QED) is 0.409. The van der Waals surface area contributed by atoms with Crippen molar-refractivity contribution in [3.05, 3.63) is 52.1 Å². The molecule has 0 spiro atoms. The summed E-state index contributed by atoms with van der Waals surface area (Å²) >= 11 is 0. The van der Waals surface area contributed by atoms with E-state index in [0.717, 1.165) is 0 Å². The van der Waals surface area contributed by atoms with E-state index in [1.807, 2.05) is 0 Å². The third-order valence-corrected chi connectivity index (χ3v) is 5.00. The SMILES string of the molecule is Cc1ncoc1C(=O)NC1CCC(C(=O)NCC(O)c2cccc(=O)[nH]2)CC1.O=CO. The molecule has 2 amide bonds. The fourth-order valence-electron chi connectivity index (χ4n) is 3.38. The zero-order valence-electron chi connectivity index (χ0n) is 17.0. The van der Waals surface area contributed by atoms with Gasteiger partial charge < -0.3 is 30.2 Å². The normalized spacial score (nSPS) is 18.8. The van der Waals surface area contributed by atoms with E-state index in [4.69, 9.17) is 14.3 Å². The van der Waals surface area contributed by atoms with Gasteiger partial charge in [-0.2, -0.15) is 0 Å². The summed E-state index contributed by atoms with van der Waals surface area (Å²) in [5, 5.41) is 22.6. The fourth-order valence-corrected chi connectivity index (χ4v) is 3.38. The average molecular weight is 434 g/mol. The smallest absolute Gasteiger partial charge is 0.290 e. The molecular formula is C20H26N4O7. The van der Waals surface area contributed by atoms with Crippen LogP contribution < -0.4 is 16.2 Å². The Morgan fingerprint density at radius 3 is 2.58 bits per heavy atom. The maximum absolute atomic E-state index is 12.4. The van der Waals surface area contributed by atoms with Crippen LogP contribution in [0, 0.1) is 12.8 Å². The number of carbonyl (C=O) groups is 3. The van der Waals surface area contributed by atoms with Crippen molar-refractivity contribution in [1.29, 1.82) is 0 Å². The van der Waals surface area contributed by atoms with E-state index in [9.17, 15) is 19.5 Å². The fraction of sp³-hybridized carbons (Fsp3) is 0.450. The van der Waals surface area contributed by atoms with Crippen LogP contribution in [-0.2, 0) is 9.59 Å². The number of oxazole rings is 1. The number of aromatic amines is 1. The zero-order valence-corrected chi connectivity index (χ0v) is 17.0. The first-order valence-corrected chi connectivity index (χ1v) is 9.79. The molecule has 11 nitrogen and oxygen atoms in total. The predicted molar refractivity (Wildman–Crippen MR) is 108 cm³/mol. The van der Waals surface area contributed by atoms with Crippen LogP contribution in [0.25, 0.3) is 0 Å². The minimum Gasteiger partial charge on any atom is -0.483 e. The van der Waals surface area contributed by atoms with Gasteiger partial charge in [-0.15, -0.1) is 0 Å². The third kappa shape index (κ3) is 7.07. The topological polar surface area (TPSA) is 175 Å². The predicted octanol–water partition coefficient (Wildman–Crippen LogP) is 0.511. The van der Waals surface area contributed by atoms with Gasteiger partial charge in [0.25, 0.3) is 12.4 Å². The lowest BCUT2D eigenvalue weighted by Crippen LogP contribution is -2.41. The lowest BCUT2D eigenvalue weighted by Gasteiger charge is -2.28. The van der Waals surface area contributed by atoms with Crippen molar-refractivity contribution >= 4 is 18.3 Å². The van der Waals surface area contributed by atoms with Crippen molar-refractivity contribution in [1.82, 2.24) is 20.6 Å². The van der Waals surface area contributed by atoms with Gasteiger partial charge in [-0.3, -0.25) is 19.2 Å². The molecule has 1 saturated carbocycles. The summed E-state index contributed by atoms with van der Waals surface area (Å²) in [6, 6.07) is 4.49. The number of nitrogens with zero attached hydrogens (tertiary/aromatic N) is 1. The van der Waals surface area contributed by atoms with Gasteiger partial charge in [0.1, 0.15) is 6.10 Å². The van der Waals surface area contributed by atoms with Gasteiger partial charge in [-0.05, 0) is 38.7 Å². The van der Waals surface area contributed by atoms with Gasteiger partial charge in [0.15, 0.2) is 6.39 Å². The highest BCUT2D eigenvalue weighted by Gasteiger charge is 2.28. The summed E-state index contributed by atoms with van der Waals surface area (Å²) in [6.07, 6.45) is 2.93. The highest BCUT2D eigenvalue weighted by atomic mass is 16.4. The molecule has 1 atom stereocenters. The number of hydrogen-bond acceptors (Lipinski definition) is 7. The van der Waals surface area contributed by atoms with Crippen LogP contribution in [0.3, 0.4) is 0 Å². The van der Waals surface area contributed by atoms with E-state index in [2.05, 4.69) is 20.6 Å². The minimum atomic E-state index is -0.973. The Hall–Kier alpha value is -3.47. The summed E-state index contributed by atoms with van der Waals surface area (Å²) in [6.45, 7) is 1.49. The van der Waals surface area contributed by atoms with Gasteiger partial charge in [0.2, 0.25) is 17.2 Å². The molecule has 2 aromatic rings. The second kappa shape index (κ2) is 11.6. The van der Waals surface area contributed by atoms with Gasteiger partial charge >= 0.3 is 0 Å². The molecule has 1 unspecified atom stereocenters. The average Bonchev–Trinajstić information content (AvgIpc) is 3.19. The molecule has 3 rings (SSSR count). The van der Waals surface area contributed by atoms with Gasteiger partial charge in [0.05, 0.1) is 5.69 Å². The van der Waals surface area contributed by atoms with E-state index in [-0.39, 0.29) is 48.1 Å². The summed E-state index contributed by atoms with van der Waals surface area (Å²) < 4.78 is 5.09. The van der Waals surface area contributed by atoms with Gasteiger partial charge in [-0.1, -0.05) is 6.07 Å². The van der Waals surface area contributed by atoms with E-state index in [1.165, 1.54) is 12.5 Å². The summed E-state index contributed by atoms with van der Waals surface area (Å²) in [7, 11) is 0. The minimum absolute atomic E-state index is 0.0129. The Labute approximate surface area is 177 Å². The monoisotopic (exact) mass is 434 g/mol. The molecule has 0 aromatic carbocycles. The Kier molecular flexibility index (Phi) is 8.94. The molecule has 0 bridgehead atoms. The largest absolute Gasteiger partial charge is 0.483 e. The number of carbonyl (C=O) groups excluding carboxylic acids is 2. The molecular weight excluding hydrogens is 408 g/mol. The van der Waals surface area contributed by atoms with Crippen molar-refractivity contribution in [3.8, 4) is 0 Å². The first-order chi connectivity index (χ1) is 14.8. The Bertz CT molecular complexity index is 931. The summed E-state index contributed by atoms with van der Waals surface area (Å²) in [5.41, 5.74) is 0.606. The van der Waals surface area contributed by atoms with Crippen LogP contribution in [-0.4, -0.2) is 51.1 Å². The molecule has 11 heteroatoms. The van der Waals surface area contributed by atoms with Crippen molar-refractivity contribution in [2.45, 2.75) is 44.8 Å². The molecule has 1 aliphatic rings. The number of nitrogens with one attached hydrogen (secondary N) is 3. The highest BCUT2D eigenvalue weighted by Crippen LogP contribution is 2.25. The number of amides is 2. The second-order valence-electron chi connectivity index (χ2n) is 7.13. The number of hydrogen-bond donors (Lipinski definition) is 5. The number of aliphatic hydroxyl groups is 1. The van der Waals surface area contributed by atoms with Crippen LogP contribution in [0.5, 0.6) is 0 Å². The number of aryl methyl sites for hydroxylation is 1. The molecule has 0 saturated heterocycles. The Morgan fingerprint density at radius 2 is 2.00 bits per heavy atom. The lowest BCUT2D eigenvalue weighted by atomic mass is 9.85. The zero-order chi connectivity index (χ0) is 22.8. The van der Waals surface area contributed by atoms with Crippen LogP contribution in [0.15, 0.2) is 33.8 Å². The number of rotatable bonds is 6. The summed E-state index contributed by atoms with van der Waals surface area (Å²) in [4.78, 5) is 50.6. The number of aromatic nitrogens is 2. The standard InChI is InChI=1S/C19H24N4O5.CH2O2/c1-11-17(28-10-21-11)19(27)22-13-7-5-12(6-8-13)18(26)20-9-15(24)14-3-2-4-16(25)23-14;2-1-3/h2-4,10,12-13,15,24H,5-9H2,1H3,(H,20,26)(H,22,27)(H,23,25);1H,(H,2,3).